The predicted octanol–water partition coefficient (Wildman–Crippen LogP) is 2.97. The van der Waals surface area contributed by atoms with Crippen molar-refractivity contribution in [1.29, 1.82) is 0 Å². The molecule has 0 atom stereocenters. The number of aryl methyl sites for hydroxylation is 2. The van der Waals surface area contributed by atoms with Crippen LogP contribution >= 0.6 is 0 Å². The number of pyridine rings is 1. The van der Waals surface area contributed by atoms with Crippen LogP contribution < -0.4 is 10.9 Å². The van der Waals surface area contributed by atoms with Crippen molar-refractivity contribution in [3.8, 4) is 0 Å². The number of carbonyl (C=O) groups excluding carboxylic acids is 1. The van der Waals surface area contributed by atoms with E-state index in [1.807, 2.05) is 30.3 Å². The van der Waals surface area contributed by atoms with Gasteiger partial charge in [-0.3, -0.25) is 9.59 Å². The van der Waals surface area contributed by atoms with Gasteiger partial charge in [-0.2, -0.15) is 0 Å². The Bertz CT molecular complexity index is 951. The van der Waals surface area contributed by atoms with Gasteiger partial charge in [0.15, 0.2) is 0 Å². The van der Waals surface area contributed by atoms with E-state index in [-0.39, 0.29) is 17.0 Å². The van der Waals surface area contributed by atoms with Crippen molar-refractivity contribution < 1.29 is 9.21 Å². The Labute approximate surface area is 145 Å². The predicted molar refractivity (Wildman–Crippen MR) is 96.0 cm³/mol. The van der Waals surface area contributed by atoms with Gasteiger partial charge in [0.05, 0.1) is 0 Å². The third-order valence-corrected chi connectivity index (χ3v) is 4.72. The summed E-state index contributed by atoms with van der Waals surface area (Å²) in [6.07, 6.45) is 4.59. The van der Waals surface area contributed by atoms with Crippen molar-refractivity contribution in [3.05, 3.63) is 69.3 Å². The molecule has 0 fully saturated rings. The van der Waals surface area contributed by atoms with Gasteiger partial charge in [-0.05, 0) is 49.4 Å². The highest BCUT2D eigenvalue weighted by Gasteiger charge is 2.17. The van der Waals surface area contributed by atoms with E-state index in [0.29, 0.717) is 13.0 Å². The molecule has 0 unspecified atom stereocenters. The number of nitrogens with one attached hydrogen (secondary N) is 2. The number of H-pyrrole nitrogens is 1. The van der Waals surface area contributed by atoms with Crippen molar-refractivity contribution in [3.63, 3.8) is 0 Å². The number of amides is 1. The lowest BCUT2D eigenvalue weighted by atomic mass is 9.95. The number of aromatic nitrogens is 1. The summed E-state index contributed by atoms with van der Waals surface area (Å²) in [7, 11) is 0. The maximum absolute atomic E-state index is 12.4. The van der Waals surface area contributed by atoms with Crippen molar-refractivity contribution >= 4 is 16.9 Å². The van der Waals surface area contributed by atoms with E-state index in [0.717, 1.165) is 53.7 Å². The maximum Gasteiger partial charge on any atom is 0.261 e. The van der Waals surface area contributed by atoms with E-state index in [2.05, 4.69) is 10.3 Å². The lowest BCUT2D eigenvalue weighted by Gasteiger charge is -2.15. The zero-order valence-electron chi connectivity index (χ0n) is 13.9. The minimum Gasteiger partial charge on any atom is -0.461 e. The number of hydrogen-bond donors (Lipinski definition) is 2. The summed E-state index contributed by atoms with van der Waals surface area (Å²) in [6, 6.07) is 11.5. The van der Waals surface area contributed by atoms with E-state index in [9.17, 15) is 9.59 Å². The summed E-state index contributed by atoms with van der Waals surface area (Å²) in [4.78, 5) is 27.4. The second kappa shape index (κ2) is 6.59. The molecule has 2 N–H and O–H groups in total. The molecule has 4 rings (SSSR count). The Morgan fingerprint density at radius 1 is 1.16 bits per heavy atom. The monoisotopic (exact) mass is 336 g/mol. The molecule has 0 saturated heterocycles. The molecule has 3 aromatic rings. The molecule has 0 bridgehead atoms. The Morgan fingerprint density at radius 2 is 2.00 bits per heavy atom. The van der Waals surface area contributed by atoms with Gasteiger partial charge in [0.2, 0.25) is 0 Å². The zero-order chi connectivity index (χ0) is 17.2. The van der Waals surface area contributed by atoms with Crippen molar-refractivity contribution in [2.24, 2.45) is 0 Å². The lowest BCUT2D eigenvalue weighted by molar-refractivity contribution is 0.0952. The van der Waals surface area contributed by atoms with Gasteiger partial charge in [-0.25, -0.2) is 0 Å². The van der Waals surface area contributed by atoms with Crippen LogP contribution in [0.2, 0.25) is 0 Å². The van der Waals surface area contributed by atoms with Gasteiger partial charge in [0.25, 0.3) is 11.5 Å². The Balaban J connectivity index is 1.43. The fraction of sp³-hybridized carbons (Fsp3) is 0.300. The normalized spacial score (nSPS) is 13.6. The number of rotatable bonds is 4. The SMILES string of the molecule is O=C(NCCc1cc2ccccc2o1)c1cc2c([nH]c1=O)CCCC2. The molecule has 5 heteroatoms. The molecule has 1 aromatic carbocycles. The standard InChI is InChI=1S/C20H20N2O3/c23-19(16-12-13-5-1-3-7-17(13)22-20(16)24)21-10-9-15-11-14-6-2-4-8-18(14)25-15/h2,4,6,8,11-12H,1,3,5,7,9-10H2,(H,21,23)(H,22,24). The number of fused-ring (bicyclic) bond motifs is 2. The first kappa shape index (κ1) is 15.7. The molecule has 5 nitrogen and oxygen atoms in total. The van der Waals surface area contributed by atoms with E-state index < -0.39 is 0 Å². The Morgan fingerprint density at radius 3 is 2.88 bits per heavy atom. The summed E-state index contributed by atoms with van der Waals surface area (Å²) in [5.41, 5.74) is 2.81. The molecule has 0 aliphatic heterocycles. The van der Waals surface area contributed by atoms with Crippen LogP contribution in [0.3, 0.4) is 0 Å². The molecule has 1 aliphatic rings. The van der Waals surface area contributed by atoms with Crippen LogP contribution in [-0.2, 0) is 19.3 Å². The van der Waals surface area contributed by atoms with E-state index in [1.54, 1.807) is 6.07 Å². The van der Waals surface area contributed by atoms with Crippen LogP contribution in [0.15, 0.2) is 45.6 Å². The quantitative estimate of drug-likeness (QED) is 0.769. The Hall–Kier alpha value is -2.82. The Kier molecular flexibility index (Phi) is 4.14. The average Bonchev–Trinajstić information content (AvgIpc) is 3.03. The summed E-state index contributed by atoms with van der Waals surface area (Å²) in [5.74, 6) is 0.492. The molecule has 1 amide bonds. The summed E-state index contributed by atoms with van der Waals surface area (Å²) in [5, 5.41) is 3.87. The van der Waals surface area contributed by atoms with Crippen LogP contribution in [0.25, 0.3) is 11.0 Å². The summed E-state index contributed by atoms with van der Waals surface area (Å²) < 4.78 is 5.73. The fourth-order valence-electron chi connectivity index (χ4n) is 3.40. The lowest BCUT2D eigenvalue weighted by Crippen LogP contribution is -2.32. The van der Waals surface area contributed by atoms with Gasteiger partial charge in [-0.1, -0.05) is 18.2 Å². The second-order valence-electron chi connectivity index (χ2n) is 6.48. The van der Waals surface area contributed by atoms with E-state index >= 15 is 0 Å². The highest BCUT2D eigenvalue weighted by atomic mass is 16.3. The van der Waals surface area contributed by atoms with Crippen LogP contribution in [-0.4, -0.2) is 17.4 Å². The number of aromatic amines is 1. The third kappa shape index (κ3) is 3.22. The number of carbonyl (C=O) groups is 1. The van der Waals surface area contributed by atoms with Gasteiger partial charge in [-0.15, -0.1) is 0 Å². The first-order chi connectivity index (χ1) is 12.2. The highest BCUT2D eigenvalue weighted by Crippen LogP contribution is 2.19. The van der Waals surface area contributed by atoms with Crippen molar-refractivity contribution in [2.75, 3.05) is 6.54 Å². The van der Waals surface area contributed by atoms with Crippen LogP contribution in [0.4, 0.5) is 0 Å². The molecule has 2 aromatic heterocycles. The first-order valence-electron chi connectivity index (χ1n) is 8.71. The van der Waals surface area contributed by atoms with Gasteiger partial charge in [0.1, 0.15) is 16.9 Å². The molecule has 0 spiro atoms. The average molecular weight is 336 g/mol. The molecule has 0 saturated carbocycles. The van der Waals surface area contributed by atoms with Crippen LogP contribution in [0.5, 0.6) is 0 Å². The maximum atomic E-state index is 12.4. The summed E-state index contributed by atoms with van der Waals surface area (Å²) in [6.45, 7) is 0.426. The van der Waals surface area contributed by atoms with Crippen molar-refractivity contribution in [1.82, 2.24) is 10.3 Å². The molecule has 128 valence electrons. The molecular weight excluding hydrogens is 316 g/mol. The first-order valence-corrected chi connectivity index (χ1v) is 8.71. The molecule has 1 aliphatic carbocycles. The molecule has 0 radical (unpaired) electrons. The fourth-order valence-corrected chi connectivity index (χ4v) is 3.40. The smallest absolute Gasteiger partial charge is 0.261 e. The number of benzene rings is 1. The third-order valence-electron chi connectivity index (χ3n) is 4.72. The van der Waals surface area contributed by atoms with Crippen LogP contribution in [0.1, 0.15) is 40.2 Å². The number of furan rings is 1. The molecular formula is C20H20N2O3. The minimum absolute atomic E-state index is 0.199. The van der Waals surface area contributed by atoms with E-state index in [1.165, 1.54) is 0 Å². The topological polar surface area (TPSA) is 75.1 Å². The molecule has 25 heavy (non-hydrogen) atoms. The van der Waals surface area contributed by atoms with Gasteiger partial charge < -0.3 is 14.7 Å². The van der Waals surface area contributed by atoms with Gasteiger partial charge >= 0.3 is 0 Å². The number of hydrogen-bond acceptors (Lipinski definition) is 3. The van der Waals surface area contributed by atoms with Crippen LogP contribution in [0, 0.1) is 0 Å². The zero-order valence-corrected chi connectivity index (χ0v) is 13.9. The largest absolute Gasteiger partial charge is 0.461 e. The summed E-state index contributed by atoms with van der Waals surface area (Å²) >= 11 is 0. The van der Waals surface area contributed by atoms with E-state index in [4.69, 9.17) is 4.42 Å². The highest BCUT2D eigenvalue weighted by molar-refractivity contribution is 5.94. The minimum atomic E-state index is -0.328. The van der Waals surface area contributed by atoms with Crippen molar-refractivity contribution in [2.45, 2.75) is 32.1 Å². The molecule has 2 heterocycles. The van der Waals surface area contributed by atoms with Gasteiger partial charge in [0, 0.05) is 24.0 Å². The second-order valence-corrected chi connectivity index (χ2v) is 6.48. The number of para-hydroxylation sites is 1.